The van der Waals surface area contributed by atoms with Gasteiger partial charge in [-0.3, -0.25) is 9.97 Å². The van der Waals surface area contributed by atoms with Gasteiger partial charge in [0.25, 0.3) is 0 Å². The lowest BCUT2D eigenvalue weighted by Crippen LogP contribution is -1.97. The van der Waals surface area contributed by atoms with Gasteiger partial charge in [0.1, 0.15) is 0 Å². The Hall–Kier alpha value is -11.9. The molecule has 0 radical (unpaired) electrons. The van der Waals surface area contributed by atoms with Crippen LogP contribution in [0.25, 0.3) is 188 Å². The highest BCUT2D eigenvalue weighted by atomic mass is 14.9. The Morgan fingerprint density at radius 3 is 0.841 bits per heavy atom. The smallest absolute Gasteiger partial charge is 0.161 e. The van der Waals surface area contributed by atoms with Gasteiger partial charge in [0, 0.05) is 56.5 Å². The summed E-state index contributed by atoms with van der Waals surface area (Å²) in [7, 11) is 0. The number of benzene rings is 14. The molecule has 0 bridgehead atoms. The third kappa shape index (κ3) is 8.33. The van der Waals surface area contributed by atoms with E-state index in [9.17, 15) is 0 Å². The van der Waals surface area contributed by atoms with Crippen molar-refractivity contribution in [2.24, 2.45) is 0 Å². The Balaban J connectivity index is 0.710. The van der Waals surface area contributed by atoms with Gasteiger partial charge in [-0.1, -0.05) is 218 Å². The van der Waals surface area contributed by atoms with Gasteiger partial charge >= 0.3 is 0 Å². The molecule has 0 aliphatic carbocycles. The number of rotatable bonds is 9. The van der Waals surface area contributed by atoms with E-state index in [2.05, 4.69) is 277 Å². The Morgan fingerprint density at radius 2 is 0.477 bits per heavy atom. The molecule has 88 heavy (non-hydrogen) atoms. The minimum Gasteiger partial charge on any atom is -0.256 e. The number of nitrogens with zero attached hydrogens (tertiary/aromatic N) is 6. The van der Waals surface area contributed by atoms with Crippen molar-refractivity contribution in [3.05, 3.63) is 291 Å². The maximum Gasteiger partial charge on any atom is 0.161 e. The first-order chi connectivity index (χ1) is 43.5. The molecule has 0 unspecified atom stereocenters. The summed E-state index contributed by atoms with van der Waals surface area (Å²) in [6.45, 7) is 0. The zero-order valence-electron chi connectivity index (χ0n) is 47.4. The third-order valence-corrected chi connectivity index (χ3v) is 17.9. The van der Waals surface area contributed by atoms with E-state index >= 15 is 0 Å². The predicted octanol–water partition coefficient (Wildman–Crippen LogP) is 21.2. The van der Waals surface area contributed by atoms with E-state index in [4.69, 9.17) is 19.9 Å². The fourth-order valence-electron chi connectivity index (χ4n) is 13.4. The van der Waals surface area contributed by atoms with E-state index < -0.39 is 0 Å². The highest BCUT2D eigenvalue weighted by Gasteiger charge is 2.20. The van der Waals surface area contributed by atoms with Crippen molar-refractivity contribution in [3.8, 4) is 101 Å². The van der Waals surface area contributed by atoms with Crippen molar-refractivity contribution in [1.29, 1.82) is 0 Å². The molecule has 0 amide bonds. The van der Waals surface area contributed by atoms with Crippen LogP contribution in [0.1, 0.15) is 0 Å². The molecule has 0 spiro atoms. The van der Waals surface area contributed by atoms with E-state index in [1.165, 1.54) is 53.9 Å². The summed E-state index contributed by atoms with van der Waals surface area (Å²) in [6.07, 6.45) is 3.68. The van der Waals surface area contributed by atoms with Gasteiger partial charge in [0.2, 0.25) is 0 Å². The zero-order chi connectivity index (χ0) is 57.8. The van der Waals surface area contributed by atoms with Crippen molar-refractivity contribution in [2.75, 3.05) is 0 Å². The largest absolute Gasteiger partial charge is 0.256 e. The fourth-order valence-corrected chi connectivity index (χ4v) is 13.4. The molecule has 0 aliphatic heterocycles. The van der Waals surface area contributed by atoms with Crippen LogP contribution in [0.2, 0.25) is 0 Å². The summed E-state index contributed by atoms with van der Waals surface area (Å²) in [5.74, 6) is 1.37. The molecule has 18 aromatic rings. The lowest BCUT2D eigenvalue weighted by atomic mass is 9.91. The molecule has 0 atom stereocenters. The van der Waals surface area contributed by atoms with Gasteiger partial charge in [-0.2, -0.15) is 0 Å². The molecule has 0 N–H and O–H groups in total. The number of fused-ring (bicyclic) bond motifs is 2. The first kappa shape index (κ1) is 49.6. The molecule has 0 aliphatic rings. The summed E-state index contributed by atoms with van der Waals surface area (Å²) in [4.78, 5) is 30.7. The third-order valence-electron chi connectivity index (χ3n) is 17.9. The second-order valence-electron chi connectivity index (χ2n) is 23.0. The van der Waals surface area contributed by atoms with Gasteiger partial charge in [0.15, 0.2) is 11.6 Å². The SMILES string of the molecule is c1cnc2ccc(-c3ccc(-c4cc(-c5ccc(-c6ccc(-c7cc(-c8ccc(-c9ccc%10ncccc%10c9)cc8)nc(-c8ccc9ccc%10cccc%11ccc8c9c%10%11)n7)cc6)cc5)nc(-c5ccc6ccc7cccc8ccc5c6c78)n4)cc3)cc2c1. The number of hydrogen-bond donors (Lipinski definition) is 0. The number of aromatic nitrogens is 6. The molecule has 4 heterocycles. The minimum atomic E-state index is 0.683. The van der Waals surface area contributed by atoms with Gasteiger partial charge < -0.3 is 0 Å². The van der Waals surface area contributed by atoms with E-state index in [1.807, 2.05) is 24.5 Å². The standard InChI is InChI=1S/C82H48N6/c1-5-57-27-29-61-33-39-69(67-37-31-59(7-1)77(57)79(61)67)81-85-73(47-75(87-81)55-23-15-51(16-24-55)63-35-41-71-65(45-63)9-3-43-83-71)53-19-11-49(12-20-53)50-13-21-54(22-14-50)74-48-76(56-25-17-52(18-26-56)64-36-42-72-66(46-64)10-4-44-84-72)88-82(86-74)70-40-34-62-30-28-58-6-2-8-60-32-38-68(70)80(62)78(58)60/h1-48H. The molecule has 0 fully saturated rings. The van der Waals surface area contributed by atoms with Crippen molar-refractivity contribution in [3.63, 3.8) is 0 Å². The van der Waals surface area contributed by atoms with E-state index in [1.54, 1.807) is 0 Å². The molecule has 6 nitrogen and oxygen atoms in total. The van der Waals surface area contributed by atoms with Gasteiger partial charge in [-0.05, 0) is 159 Å². The summed E-state index contributed by atoms with van der Waals surface area (Å²) < 4.78 is 0. The molecular weight excluding hydrogens is 1070 g/mol. The topological polar surface area (TPSA) is 77.3 Å². The van der Waals surface area contributed by atoms with Crippen molar-refractivity contribution in [2.45, 2.75) is 0 Å². The maximum atomic E-state index is 5.42. The van der Waals surface area contributed by atoms with Gasteiger partial charge in [-0.15, -0.1) is 0 Å². The molecule has 0 saturated carbocycles. The molecule has 18 rings (SSSR count). The van der Waals surface area contributed by atoms with Crippen LogP contribution in [0.3, 0.4) is 0 Å². The van der Waals surface area contributed by atoms with Gasteiger partial charge in [-0.25, -0.2) is 19.9 Å². The van der Waals surface area contributed by atoms with Crippen molar-refractivity contribution >= 4 is 86.4 Å². The lowest BCUT2D eigenvalue weighted by Gasteiger charge is -2.15. The first-order valence-electron chi connectivity index (χ1n) is 29.8. The van der Waals surface area contributed by atoms with E-state index in [0.717, 1.165) is 122 Å². The monoisotopic (exact) mass is 1120 g/mol. The number of pyridine rings is 2. The van der Waals surface area contributed by atoms with Crippen LogP contribution >= 0.6 is 0 Å². The Bertz CT molecular complexity index is 5390. The Morgan fingerprint density at radius 1 is 0.193 bits per heavy atom. The van der Waals surface area contributed by atoms with Crippen LogP contribution in [-0.2, 0) is 0 Å². The maximum absolute atomic E-state index is 5.42. The van der Waals surface area contributed by atoms with Crippen LogP contribution in [0, 0.1) is 0 Å². The minimum absolute atomic E-state index is 0.683. The number of hydrogen-bond acceptors (Lipinski definition) is 6. The summed E-state index contributed by atoms with van der Waals surface area (Å²) >= 11 is 0. The quantitative estimate of drug-likeness (QED) is 0.134. The summed E-state index contributed by atoms with van der Waals surface area (Å²) in [6, 6.07) is 100. The normalized spacial score (nSPS) is 11.9. The predicted molar refractivity (Wildman–Crippen MR) is 365 cm³/mol. The Labute approximate surface area is 506 Å². The average molecular weight is 1120 g/mol. The molecule has 4 aromatic heterocycles. The molecule has 6 heteroatoms. The van der Waals surface area contributed by atoms with Crippen LogP contribution < -0.4 is 0 Å². The zero-order valence-corrected chi connectivity index (χ0v) is 47.4. The first-order valence-corrected chi connectivity index (χ1v) is 29.8. The van der Waals surface area contributed by atoms with E-state index in [-0.39, 0.29) is 0 Å². The van der Waals surface area contributed by atoms with Gasteiger partial charge in [0.05, 0.1) is 33.8 Å². The summed E-state index contributed by atoms with van der Waals surface area (Å²) in [5.41, 5.74) is 18.1. The van der Waals surface area contributed by atoms with Crippen LogP contribution in [0.15, 0.2) is 291 Å². The van der Waals surface area contributed by atoms with Crippen molar-refractivity contribution < 1.29 is 0 Å². The lowest BCUT2D eigenvalue weighted by molar-refractivity contribution is 1.19. The van der Waals surface area contributed by atoms with Crippen LogP contribution in [0.5, 0.6) is 0 Å². The molecule has 406 valence electrons. The van der Waals surface area contributed by atoms with E-state index in [0.29, 0.717) is 11.6 Å². The van der Waals surface area contributed by atoms with Crippen LogP contribution in [-0.4, -0.2) is 29.9 Å². The Kier molecular flexibility index (Phi) is 11.2. The highest BCUT2D eigenvalue weighted by Crippen LogP contribution is 2.43. The van der Waals surface area contributed by atoms with Crippen LogP contribution in [0.4, 0.5) is 0 Å². The molecular formula is C82H48N6. The summed E-state index contributed by atoms with van der Waals surface area (Å²) in [5, 5.41) is 16.8. The fraction of sp³-hybridized carbons (Fsp3) is 0. The van der Waals surface area contributed by atoms with Crippen molar-refractivity contribution in [1.82, 2.24) is 29.9 Å². The average Bonchev–Trinajstić information content (AvgIpc) is 1.22. The molecule has 14 aromatic carbocycles. The molecule has 0 saturated heterocycles. The second-order valence-corrected chi connectivity index (χ2v) is 23.0. The highest BCUT2D eigenvalue weighted by molar-refractivity contribution is 6.26. The second kappa shape index (κ2) is 19.9.